The standard InChI is InChI=1S/2C8H17.C4H4O4.Zn/c2*1-3-5-7-8-6-4-2;5-3(6)1-2-4(7)8;/h2*1,3-8H2,2H3;1-2H,(H,5,6)(H,7,8);/q2*-1;;+2/b;;2-1-;. The Kier molecular flexibility index (Phi) is 39.8. The molecule has 4 nitrogen and oxygen atoms in total. The third kappa shape index (κ3) is 51.7. The maximum Gasteiger partial charge on any atom is 2.00 e. The molecule has 0 radical (unpaired) electrons. The third-order valence-corrected chi connectivity index (χ3v) is 3.08. The predicted molar refractivity (Wildman–Crippen MR) is 102 cm³/mol. The van der Waals surface area contributed by atoms with Gasteiger partial charge in [0.15, 0.2) is 0 Å². The Morgan fingerprint density at radius 3 is 1.16 bits per heavy atom. The van der Waals surface area contributed by atoms with Crippen molar-refractivity contribution >= 4 is 11.9 Å². The average molecular weight is 408 g/mol. The van der Waals surface area contributed by atoms with Gasteiger partial charge in [-0.25, -0.2) is 9.59 Å². The first-order valence-electron chi connectivity index (χ1n) is 9.18. The van der Waals surface area contributed by atoms with Gasteiger partial charge < -0.3 is 24.1 Å². The minimum atomic E-state index is -1.26. The van der Waals surface area contributed by atoms with Crippen LogP contribution in [0, 0.1) is 13.8 Å². The van der Waals surface area contributed by atoms with Gasteiger partial charge in [-0.2, -0.15) is 12.8 Å². The summed E-state index contributed by atoms with van der Waals surface area (Å²) in [5.41, 5.74) is 0. The summed E-state index contributed by atoms with van der Waals surface area (Å²) >= 11 is 0. The van der Waals surface area contributed by atoms with Crippen LogP contribution in [0.1, 0.15) is 90.9 Å². The molecule has 0 bridgehead atoms. The van der Waals surface area contributed by atoms with Gasteiger partial charge in [0.1, 0.15) is 0 Å². The smallest absolute Gasteiger partial charge is 0.478 e. The van der Waals surface area contributed by atoms with E-state index in [0.29, 0.717) is 12.2 Å². The van der Waals surface area contributed by atoms with Crippen molar-refractivity contribution in [3.05, 3.63) is 26.0 Å². The first-order chi connectivity index (χ1) is 11.5. The van der Waals surface area contributed by atoms with Crippen molar-refractivity contribution in [1.82, 2.24) is 0 Å². The van der Waals surface area contributed by atoms with E-state index in [1.165, 1.54) is 64.2 Å². The normalized spacial score (nSPS) is 9.28. The van der Waals surface area contributed by atoms with Crippen molar-refractivity contribution in [3.8, 4) is 0 Å². The Bertz CT molecular complexity index is 251. The van der Waals surface area contributed by atoms with Crippen LogP contribution < -0.4 is 0 Å². The zero-order valence-corrected chi connectivity index (χ0v) is 19.4. The van der Waals surface area contributed by atoms with Crippen LogP contribution in [-0.4, -0.2) is 22.2 Å². The molecule has 0 unspecified atom stereocenters. The molecule has 5 heteroatoms. The molecule has 144 valence electrons. The molecule has 0 rings (SSSR count). The second-order valence-electron chi connectivity index (χ2n) is 5.55. The second-order valence-corrected chi connectivity index (χ2v) is 5.55. The molecule has 0 amide bonds. The van der Waals surface area contributed by atoms with E-state index in [1.54, 1.807) is 0 Å². The average Bonchev–Trinajstić information content (AvgIpc) is 2.55. The number of carbonyl (C=O) groups is 2. The van der Waals surface area contributed by atoms with Crippen molar-refractivity contribution in [3.63, 3.8) is 0 Å². The van der Waals surface area contributed by atoms with Crippen molar-refractivity contribution < 1.29 is 39.3 Å². The number of rotatable bonds is 12. The van der Waals surface area contributed by atoms with E-state index in [4.69, 9.17) is 10.2 Å². The van der Waals surface area contributed by atoms with Crippen LogP contribution in [-0.2, 0) is 29.1 Å². The molecular formula is C20H38O4Zn. The summed E-state index contributed by atoms with van der Waals surface area (Å²) in [6.45, 7) is 12.0. The molecule has 0 saturated carbocycles. The number of carboxylic acids is 2. The predicted octanol–water partition coefficient (Wildman–Crippen LogP) is 6.07. The molecule has 0 spiro atoms. The van der Waals surface area contributed by atoms with Gasteiger partial charge in [-0.1, -0.05) is 78.1 Å². The monoisotopic (exact) mass is 406 g/mol. The molecule has 0 aromatic heterocycles. The minimum Gasteiger partial charge on any atom is -0.478 e. The maximum absolute atomic E-state index is 9.55. The first-order valence-corrected chi connectivity index (χ1v) is 9.18. The number of hydrogen-bond donors (Lipinski definition) is 2. The molecule has 0 aliphatic heterocycles. The number of hydrogen-bond acceptors (Lipinski definition) is 2. The number of unbranched alkanes of at least 4 members (excludes halogenated alkanes) is 10. The van der Waals surface area contributed by atoms with Crippen LogP contribution in [0.2, 0.25) is 0 Å². The quantitative estimate of drug-likeness (QED) is 0.178. The molecule has 0 aromatic rings. The summed E-state index contributed by atoms with van der Waals surface area (Å²) in [5.74, 6) is -2.51. The zero-order valence-electron chi connectivity index (χ0n) is 16.5. The van der Waals surface area contributed by atoms with Gasteiger partial charge in [0, 0.05) is 12.2 Å². The SMILES string of the molecule is O=C(O)/C=C\C(=O)O.[CH2-]CCCCCCC.[CH2-]CCCCCCC.[Zn+2]. The molecule has 0 aromatic carbocycles. The van der Waals surface area contributed by atoms with Gasteiger partial charge in [-0.3, -0.25) is 0 Å². The van der Waals surface area contributed by atoms with Crippen LogP contribution in [0.3, 0.4) is 0 Å². The summed E-state index contributed by atoms with van der Waals surface area (Å²) in [5, 5.41) is 15.6. The minimum absolute atomic E-state index is 0. The van der Waals surface area contributed by atoms with Crippen LogP contribution >= 0.6 is 0 Å². The van der Waals surface area contributed by atoms with E-state index >= 15 is 0 Å². The fourth-order valence-corrected chi connectivity index (χ4v) is 1.70. The van der Waals surface area contributed by atoms with Crippen molar-refractivity contribution in [1.29, 1.82) is 0 Å². The van der Waals surface area contributed by atoms with E-state index in [9.17, 15) is 9.59 Å². The van der Waals surface area contributed by atoms with E-state index < -0.39 is 11.9 Å². The molecule has 25 heavy (non-hydrogen) atoms. The second kappa shape index (κ2) is 31.1. The van der Waals surface area contributed by atoms with Gasteiger partial charge in [0.05, 0.1) is 0 Å². The van der Waals surface area contributed by atoms with Gasteiger partial charge in [-0.15, -0.1) is 0 Å². The van der Waals surface area contributed by atoms with Crippen LogP contribution in [0.5, 0.6) is 0 Å². The topological polar surface area (TPSA) is 74.6 Å². The molecule has 0 saturated heterocycles. The summed E-state index contributed by atoms with van der Waals surface area (Å²) in [6, 6.07) is 0. The van der Waals surface area contributed by atoms with Crippen molar-refractivity contribution in [2.45, 2.75) is 90.9 Å². The van der Waals surface area contributed by atoms with Crippen LogP contribution in [0.4, 0.5) is 0 Å². The van der Waals surface area contributed by atoms with Crippen molar-refractivity contribution in [2.24, 2.45) is 0 Å². The summed E-state index contributed by atoms with van der Waals surface area (Å²) < 4.78 is 0. The number of aliphatic carboxylic acids is 2. The fraction of sp³-hybridized carbons (Fsp3) is 0.700. The Morgan fingerprint density at radius 2 is 0.960 bits per heavy atom. The Labute approximate surface area is 168 Å². The van der Waals surface area contributed by atoms with Crippen LogP contribution in [0.25, 0.3) is 0 Å². The number of carboxylic acid groups (broad SMARTS) is 2. The van der Waals surface area contributed by atoms with Gasteiger partial charge in [0.25, 0.3) is 0 Å². The first kappa shape index (κ1) is 32.0. The summed E-state index contributed by atoms with van der Waals surface area (Å²) in [7, 11) is 0. The molecule has 0 aliphatic rings. The fourth-order valence-electron chi connectivity index (χ4n) is 1.70. The van der Waals surface area contributed by atoms with Gasteiger partial charge in [0.2, 0.25) is 0 Å². The molecule has 2 N–H and O–H groups in total. The molecule has 0 heterocycles. The zero-order chi connectivity index (χ0) is 19.1. The van der Waals surface area contributed by atoms with Crippen LogP contribution in [0.15, 0.2) is 12.2 Å². The largest absolute Gasteiger partial charge is 2.00 e. The molecular weight excluding hydrogens is 370 g/mol. The van der Waals surface area contributed by atoms with Crippen molar-refractivity contribution in [2.75, 3.05) is 0 Å². The van der Waals surface area contributed by atoms with E-state index in [1.807, 2.05) is 0 Å². The molecule has 0 atom stereocenters. The molecule has 0 aliphatic carbocycles. The van der Waals surface area contributed by atoms with E-state index in [0.717, 1.165) is 12.8 Å². The van der Waals surface area contributed by atoms with E-state index in [2.05, 4.69) is 27.7 Å². The van der Waals surface area contributed by atoms with Gasteiger partial charge in [-0.05, 0) is 0 Å². The Hall–Kier alpha value is -0.697. The van der Waals surface area contributed by atoms with E-state index in [-0.39, 0.29) is 19.5 Å². The third-order valence-electron chi connectivity index (χ3n) is 3.08. The molecule has 0 fully saturated rings. The summed E-state index contributed by atoms with van der Waals surface area (Å²) in [6.07, 6.45) is 17.1. The Morgan fingerprint density at radius 1 is 0.680 bits per heavy atom. The van der Waals surface area contributed by atoms with Gasteiger partial charge >= 0.3 is 31.4 Å². The summed E-state index contributed by atoms with van der Waals surface area (Å²) in [4.78, 5) is 19.1. The maximum atomic E-state index is 9.55. The Balaban J connectivity index is -0.000000130.